The number of hydrogen-bond donors (Lipinski definition) is 0. The molecule has 0 radical (unpaired) electrons. The first-order valence-electron chi connectivity index (χ1n) is 22.7. The first-order chi connectivity index (χ1) is 35.7. The monoisotopic (exact) mass is 973 g/mol. The maximum absolute atomic E-state index is 14.4. The Kier molecular flexibility index (Phi) is 10.9. The van der Waals surface area contributed by atoms with Crippen molar-refractivity contribution in [1.29, 1.82) is 26.3 Å². The predicted molar refractivity (Wildman–Crippen MR) is 270 cm³/mol. The summed E-state index contributed by atoms with van der Waals surface area (Å²) in [6.07, 6.45) is -10.2. The van der Waals surface area contributed by atoms with Gasteiger partial charge in [0.15, 0.2) is 0 Å². The summed E-state index contributed by atoms with van der Waals surface area (Å²) in [5.41, 5.74) is 5.45. The number of aromatic nitrogens is 2. The Labute approximate surface area is 417 Å². The fourth-order valence-corrected chi connectivity index (χ4v) is 9.98. The zero-order chi connectivity index (χ0) is 51.6. The summed E-state index contributed by atoms with van der Waals surface area (Å²) in [6, 6.07) is 58.2. The quantitative estimate of drug-likeness (QED) is 0.153. The molecular formula is C61H29F6N7. The van der Waals surface area contributed by atoms with Crippen LogP contribution in [0.5, 0.6) is 0 Å². The summed E-state index contributed by atoms with van der Waals surface area (Å²) >= 11 is 0. The van der Waals surface area contributed by atoms with Crippen molar-refractivity contribution in [2.75, 3.05) is 0 Å². The van der Waals surface area contributed by atoms with Crippen LogP contribution in [0.4, 0.5) is 26.3 Å². The lowest BCUT2D eigenvalue weighted by atomic mass is 9.93. The number of nitriles is 5. The zero-order valence-corrected chi connectivity index (χ0v) is 38.1. The highest BCUT2D eigenvalue weighted by Crippen LogP contribution is 2.45. The lowest BCUT2D eigenvalue weighted by Crippen LogP contribution is -2.11. The largest absolute Gasteiger partial charge is 0.416 e. The molecule has 2 aromatic heterocycles. The van der Waals surface area contributed by atoms with Crippen LogP contribution in [0, 0.1) is 56.7 Å². The molecule has 0 fully saturated rings. The van der Waals surface area contributed by atoms with Gasteiger partial charge in [0.1, 0.15) is 0 Å². The second-order valence-corrected chi connectivity index (χ2v) is 17.5. The van der Waals surface area contributed by atoms with Crippen molar-refractivity contribution in [2.45, 2.75) is 12.4 Å². The van der Waals surface area contributed by atoms with Gasteiger partial charge in [0.05, 0.1) is 103 Å². The average molecular weight is 974 g/mol. The highest BCUT2D eigenvalue weighted by molar-refractivity contribution is 6.13. The van der Waals surface area contributed by atoms with E-state index in [4.69, 9.17) is 0 Å². The minimum Gasteiger partial charge on any atom is -0.309 e. The van der Waals surface area contributed by atoms with Crippen molar-refractivity contribution < 1.29 is 26.3 Å². The van der Waals surface area contributed by atoms with Crippen molar-refractivity contribution in [3.63, 3.8) is 0 Å². The van der Waals surface area contributed by atoms with E-state index in [1.165, 1.54) is 18.2 Å². The van der Waals surface area contributed by atoms with Crippen LogP contribution in [-0.4, -0.2) is 9.13 Å². The van der Waals surface area contributed by atoms with Gasteiger partial charge in [0, 0.05) is 32.7 Å². The Morgan fingerprint density at radius 2 is 0.743 bits per heavy atom. The van der Waals surface area contributed by atoms with Gasteiger partial charge in [-0.15, -0.1) is 0 Å². The summed E-state index contributed by atoms with van der Waals surface area (Å²) in [5, 5.41) is 52.9. The van der Waals surface area contributed by atoms with E-state index in [-0.39, 0.29) is 28.3 Å². The van der Waals surface area contributed by atoms with Crippen LogP contribution in [0.15, 0.2) is 176 Å². The molecule has 0 amide bonds. The lowest BCUT2D eigenvalue weighted by molar-refractivity contribution is -0.143. The van der Waals surface area contributed by atoms with Gasteiger partial charge in [-0.25, -0.2) is 0 Å². The van der Waals surface area contributed by atoms with E-state index in [1.54, 1.807) is 60.7 Å². The first-order valence-corrected chi connectivity index (χ1v) is 22.7. The molecule has 2 heterocycles. The molecule has 0 aliphatic carbocycles. The van der Waals surface area contributed by atoms with Gasteiger partial charge in [-0.2, -0.15) is 52.7 Å². The third-order valence-electron chi connectivity index (χ3n) is 13.3. The van der Waals surface area contributed by atoms with E-state index in [0.717, 1.165) is 32.8 Å². The first kappa shape index (κ1) is 46.0. The Bertz CT molecular complexity index is 4390. The van der Waals surface area contributed by atoms with Crippen LogP contribution in [0.1, 0.15) is 38.9 Å². The fraction of sp³-hybridized carbons (Fsp3) is 0.0328. The molecule has 74 heavy (non-hydrogen) atoms. The number of fused-ring (bicyclic) bond motifs is 6. The SMILES string of the molecule is N#Cc1ccc(-c2ccc3c(c2)c2ccccc2n3-c2ccc(C#N)cc2-c2ccc(-c3cc(C(F)(F)F)cc(C(F)(F)F)c3)cc2-n2c3ccccc3c3cc(-c4ccc(C#N)cc4C#N)ccc32)c(C#N)c1. The summed E-state index contributed by atoms with van der Waals surface area (Å²) in [7, 11) is 0. The molecule has 0 unspecified atom stereocenters. The number of hydrogen-bond acceptors (Lipinski definition) is 5. The molecule has 13 heteroatoms. The molecule has 0 aliphatic heterocycles. The lowest BCUT2D eigenvalue weighted by Gasteiger charge is -2.21. The van der Waals surface area contributed by atoms with Gasteiger partial charge in [0.25, 0.3) is 0 Å². The number of para-hydroxylation sites is 2. The predicted octanol–water partition coefficient (Wildman–Crippen LogP) is 15.9. The molecule has 350 valence electrons. The average Bonchev–Trinajstić information content (AvgIpc) is 3.94. The summed E-state index contributed by atoms with van der Waals surface area (Å²) in [5.74, 6) is 0. The highest BCUT2D eigenvalue weighted by atomic mass is 19.4. The third-order valence-corrected chi connectivity index (χ3v) is 13.3. The van der Waals surface area contributed by atoms with Crippen LogP contribution < -0.4 is 0 Å². The molecule has 11 aromatic rings. The molecule has 0 atom stereocenters. The molecular weight excluding hydrogens is 945 g/mol. The second-order valence-electron chi connectivity index (χ2n) is 17.5. The molecule has 7 nitrogen and oxygen atoms in total. The van der Waals surface area contributed by atoms with Crippen molar-refractivity contribution in [1.82, 2.24) is 9.13 Å². The van der Waals surface area contributed by atoms with Crippen LogP contribution in [0.2, 0.25) is 0 Å². The smallest absolute Gasteiger partial charge is 0.309 e. The molecule has 0 saturated heterocycles. The van der Waals surface area contributed by atoms with E-state index < -0.39 is 23.5 Å². The number of nitrogens with zero attached hydrogens (tertiary/aromatic N) is 7. The zero-order valence-electron chi connectivity index (χ0n) is 38.1. The van der Waals surface area contributed by atoms with E-state index in [9.17, 15) is 52.7 Å². The molecule has 0 saturated carbocycles. The molecule has 0 bridgehead atoms. The van der Waals surface area contributed by atoms with Crippen molar-refractivity contribution in [3.8, 4) is 86.2 Å². The highest BCUT2D eigenvalue weighted by Gasteiger charge is 2.37. The number of benzene rings is 9. The molecule has 0 N–H and O–H groups in total. The normalized spacial score (nSPS) is 11.6. The fourth-order valence-electron chi connectivity index (χ4n) is 9.98. The van der Waals surface area contributed by atoms with Crippen LogP contribution in [-0.2, 0) is 12.4 Å². The van der Waals surface area contributed by atoms with Crippen LogP contribution in [0.25, 0.3) is 99.5 Å². The van der Waals surface area contributed by atoms with Gasteiger partial charge >= 0.3 is 12.4 Å². The second kappa shape index (κ2) is 17.5. The van der Waals surface area contributed by atoms with Crippen LogP contribution in [0.3, 0.4) is 0 Å². The maximum Gasteiger partial charge on any atom is 0.416 e. The minimum absolute atomic E-state index is 0.0427. The van der Waals surface area contributed by atoms with E-state index in [0.29, 0.717) is 84.4 Å². The Morgan fingerprint density at radius 1 is 0.311 bits per heavy atom. The Hall–Kier alpha value is -10.4. The Morgan fingerprint density at radius 3 is 1.23 bits per heavy atom. The summed E-state index contributed by atoms with van der Waals surface area (Å²) in [4.78, 5) is 0. The van der Waals surface area contributed by atoms with E-state index in [2.05, 4.69) is 30.3 Å². The summed E-state index contributed by atoms with van der Waals surface area (Å²) < 4.78 is 90.4. The number of alkyl halides is 6. The molecule has 11 rings (SSSR count). The van der Waals surface area contributed by atoms with Gasteiger partial charge in [-0.3, -0.25) is 0 Å². The summed E-state index contributed by atoms with van der Waals surface area (Å²) in [6.45, 7) is 0. The van der Waals surface area contributed by atoms with Crippen molar-refractivity contribution >= 4 is 43.6 Å². The molecule has 0 aliphatic rings. The topological polar surface area (TPSA) is 129 Å². The van der Waals surface area contributed by atoms with Gasteiger partial charge in [0.2, 0.25) is 0 Å². The van der Waals surface area contributed by atoms with E-state index in [1.807, 2.05) is 88.0 Å². The molecule has 0 spiro atoms. The standard InChI is InChI=1S/C61H29F6N7/c62-60(63,64)44-24-41(25-45(29-44)61(65,66)67)38-12-17-50(59(28-38)74-55-8-4-2-6-49(55)53-27-40(14-20-58(53)74)47-16-10-36(31-69)22-43(47)34-72)51-23-37(32-70)11-18-56(51)73-54-7-3-1-5-48(54)52-26-39(13-19-57(52)73)46-15-9-35(30-68)21-42(46)33-71/h1-29H. The Balaban J connectivity index is 1.22. The van der Waals surface area contributed by atoms with Gasteiger partial charge in [-0.05, 0) is 137 Å². The van der Waals surface area contributed by atoms with Crippen molar-refractivity contribution in [3.05, 3.63) is 215 Å². The molecule has 9 aromatic carbocycles. The van der Waals surface area contributed by atoms with E-state index >= 15 is 0 Å². The maximum atomic E-state index is 14.4. The minimum atomic E-state index is -5.11. The van der Waals surface area contributed by atoms with Crippen LogP contribution >= 0.6 is 0 Å². The third kappa shape index (κ3) is 7.69. The number of halogens is 6. The van der Waals surface area contributed by atoms with Gasteiger partial charge < -0.3 is 9.13 Å². The number of rotatable bonds is 6. The van der Waals surface area contributed by atoms with Crippen molar-refractivity contribution in [2.24, 2.45) is 0 Å². The van der Waals surface area contributed by atoms with Gasteiger partial charge in [-0.1, -0.05) is 72.8 Å².